The number of imide groups is 1. The van der Waals surface area contributed by atoms with Crippen LogP contribution in [0, 0.1) is 0 Å². The lowest BCUT2D eigenvalue weighted by Crippen LogP contribution is -2.78. The number of nitrogens with one attached hydrogen (secondary N) is 3. The minimum Gasteiger partial charge on any atom is -0.477 e. The van der Waals surface area contributed by atoms with Crippen LogP contribution >= 0.6 is 35.3 Å². The standard InChI is InChI=1S/C28H30N8O9S3/c1-4-34-10-11-35(22(41)21(34)40)26(45)29-16(14-8-6-5-7-9-14)18(37)31-28(46-3)24(44)36-17(23(42)43)15(12-47-25(28)36)13-48-27-30-19(38)20(39)32-33(27)2/h5-9,16,25H,4,10-13H2,1-3H3,(H,29,45)(H,31,37)(H,32,39)(H,42,43)/t16?,25-,28+/m1/s1. The van der Waals surface area contributed by atoms with Crippen molar-refractivity contribution in [1.82, 2.24) is 40.1 Å². The van der Waals surface area contributed by atoms with Crippen molar-refractivity contribution < 1.29 is 33.9 Å². The van der Waals surface area contributed by atoms with Crippen molar-refractivity contribution in [1.29, 1.82) is 0 Å². The van der Waals surface area contributed by atoms with E-state index in [0.717, 1.165) is 33.3 Å². The fourth-order valence-corrected chi connectivity index (χ4v) is 9.04. The van der Waals surface area contributed by atoms with Gasteiger partial charge in [0, 0.05) is 38.2 Å². The number of carboxylic acids is 1. The predicted octanol–water partition coefficient (Wildman–Crippen LogP) is -0.868. The summed E-state index contributed by atoms with van der Waals surface area (Å²) in [6.07, 6.45) is 1.58. The molecule has 3 aliphatic heterocycles. The Morgan fingerprint density at radius 2 is 1.83 bits per heavy atom. The molecule has 4 heterocycles. The van der Waals surface area contributed by atoms with Crippen LogP contribution in [0.5, 0.6) is 0 Å². The number of nitrogens with zero attached hydrogens (tertiary/aromatic N) is 5. The topological polar surface area (TPSA) is 224 Å². The fraction of sp³-hybridized carbons (Fsp3) is 0.393. The molecule has 3 aliphatic rings. The van der Waals surface area contributed by atoms with Gasteiger partial charge in [-0.3, -0.25) is 48.3 Å². The van der Waals surface area contributed by atoms with Crippen LogP contribution in [0.2, 0.25) is 0 Å². The zero-order valence-corrected chi connectivity index (χ0v) is 28.2. The zero-order valence-electron chi connectivity index (χ0n) is 25.8. The van der Waals surface area contributed by atoms with Gasteiger partial charge in [-0.2, -0.15) is 4.98 Å². The van der Waals surface area contributed by atoms with Crippen LogP contribution in [-0.2, 0) is 31.0 Å². The molecule has 1 unspecified atom stereocenters. The third-order valence-corrected chi connectivity index (χ3v) is 11.7. The van der Waals surface area contributed by atoms with Crippen molar-refractivity contribution in [2.45, 2.75) is 28.4 Å². The first-order valence-corrected chi connectivity index (χ1v) is 17.6. The Kier molecular flexibility index (Phi) is 10.1. The summed E-state index contributed by atoms with van der Waals surface area (Å²) >= 11 is 3.22. The number of carboxylic acid groups (broad SMARTS) is 1. The molecule has 1 aromatic heterocycles. The number of benzene rings is 1. The lowest BCUT2D eigenvalue weighted by atomic mass is 10.00. The Labute approximate surface area is 284 Å². The molecule has 2 aromatic rings. The van der Waals surface area contributed by atoms with Gasteiger partial charge in [-0.25, -0.2) is 9.59 Å². The van der Waals surface area contributed by atoms with Gasteiger partial charge >= 0.3 is 34.9 Å². The van der Waals surface area contributed by atoms with Crippen molar-refractivity contribution in [2.24, 2.45) is 7.05 Å². The molecule has 6 amide bonds. The molecule has 4 N–H and O–H groups in total. The highest BCUT2D eigenvalue weighted by Crippen LogP contribution is 2.51. The number of hydrogen-bond donors (Lipinski definition) is 4. The van der Waals surface area contributed by atoms with E-state index in [4.69, 9.17) is 0 Å². The lowest BCUT2D eigenvalue weighted by Gasteiger charge is -2.56. The van der Waals surface area contributed by atoms with Gasteiger partial charge < -0.3 is 20.6 Å². The molecular formula is C28H30N8O9S3. The predicted molar refractivity (Wildman–Crippen MR) is 175 cm³/mol. The summed E-state index contributed by atoms with van der Waals surface area (Å²) in [5, 5.41) is 17.0. The molecule has 0 saturated carbocycles. The number of piperazine rings is 1. The molecule has 2 saturated heterocycles. The summed E-state index contributed by atoms with van der Waals surface area (Å²) in [7, 11) is 1.47. The van der Waals surface area contributed by atoms with Crippen LogP contribution in [0.15, 0.2) is 56.3 Å². The number of H-pyrrole nitrogens is 1. The number of carbonyl (C=O) groups excluding carboxylic acids is 5. The highest BCUT2D eigenvalue weighted by atomic mass is 32.2. The van der Waals surface area contributed by atoms with E-state index in [2.05, 4.69) is 20.7 Å². The summed E-state index contributed by atoms with van der Waals surface area (Å²) in [5.41, 5.74) is -1.48. The molecule has 254 valence electrons. The van der Waals surface area contributed by atoms with Crippen molar-refractivity contribution in [3.8, 4) is 0 Å². The summed E-state index contributed by atoms with van der Waals surface area (Å²) in [5.74, 6) is -4.55. The minimum atomic E-state index is -1.61. The molecule has 48 heavy (non-hydrogen) atoms. The highest BCUT2D eigenvalue weighted by Gasteiger charge is 2.65. The first-order chi connectivity index (χ1) is 22.8. The molecule has 0 bridgehead atoms. The summed E-state index contributed by atoms with van der Waals surface area (Å²) in [6.45, 7) is 2.06. The van der Waals surface area contributed by atoms with E-state index in [0.29, 0.717) is 17.7 Å². The average molecular weight is 719 g/mol. The first kappa shape index (κ1) is 34.8. The quantitative estimate of drug-likeness (QED) is 0.102. The van der Waals surface area contributed by atoms with Gasteiger partial charge in [0.25, 0.3) is 5.91 Å². The molecule has 5 rings (SSSR count). The number of β-lactam (4-membered cyclic amide) rings is 1. The van der Waals surface area contributed by atoms with Gasteiger partial charge in [0.15, 0.2) is 10.0 Å². The second-order valence-electron chi connectivity index (χ2n) is 10.6. The Bertz CT molecular complexity index is 1850. The molecule has 3 atom stereocenters. The third kappa shape index (κ3) is 6.21. The van der Waals surface area contributed by atoms with Crippen LogP contribution in [0.3, 0.4) is 0 Å². The molecule has 17 nitrogen and oxygen atoms in total. The number of amides is 6. The van der Waals surface area contributed by atoms with Gasteiger partial charge in [-0.05, 0) is 24.3 Å². The number of urea groups is 1. The van der Waals surface area contributed by atoms with Crippen LogP contribution in [0.25, 0.3) is 0 Å². The highest BCUT2D eigenvalue weighted by molar-refractivity contribution is 8.05. The molecular weight excluding hydrogens is 689 g/mol. The maximum absolute atomic E-state index is 13.9. The van der Waals surface area contributed by atoms with Gasteiger partial charge in [0.05, 0.1) is 0 Å². The van der Waals surface area contributed by atoms with E-state index in [-0.39, 0.29) is 35.4 Å². The largest absolute Gasteiger partial charge is 0.477 e. The van der Waals surface area contributed by atoms with Gasteiger partial charge in [-0.15, -0.1) is 23.5 Å². The maximum Gasteiger partial charge on any atom is 0.352 e. The van der Waals surface area contributed by atoms with E-state index in [1.165, 1.54) is 28.4 Å². The second kappa shape index (κ2) is 13.9. The number of carbonyl (C=O) groups is 6. The number of likely N-dealkylation sites (N-methyl/N-ethyl adjacent to an activating group) is 1. The fourth-order valence-electron chi connectivity index (χ4n) is 5.37. The first-order valence-electron chi connectivity index (χ1n) is 14.4. The summed E-state index contributed by atoms with van der Waals surface area (Å²) < 4.78 is 1.23. The molecule has 20 heteroatoms. The number of thioether (sulfide) groups is 3. The maximum atomic E-state index is 13.9. The summed E-state index contributed by atoms with van der Waals surface area (Å²) in [4.78, 5) is 107. The minimum absolute atomic E-state index is 0.0337. The van der Waals surface area contributed by atoms with Crippen LogP contribution in [-0.4, -0.2) is 118 Å². The van der Waals surface area contributed by atoms with Crippen molar-refractivity contribution in [3.05, 3.63) is 67.9 Å². The number of aromatic amines is 1. The Hall–Kier alpha value is -4.56. The lowest BCUT2D eigenvalue weighted by molar-refractivity contribution is -0.153. The third-order valence-electron chi connectivity index (χ3n) is 7.87. The summed E-state index contributed by atoms with van der Waals surface area (Å²) in [6, 6.07) is 5.77. The zero-order chi connectivity index (χ0) is 34.9. The van der Waals surface area contributed by atoms with E-state index in [1.54, 1.807) is 43.5 Å². The molecule has 0 aliphatic carbocycles. The molecule has 1 aromatic carbocycles. The number of aryl methyl sites for hydroxylation is 1. The Morgan fingerprint density at radius 1 is 1.12 bits per heavy atom. The van der Waals surface area contributed by atoms with Crippen LogP contribution < -0.4 is 21.8 Å². The van der Waals surface area contributed by atoms with Crippen molar-refractivity contribution in [3.63, 3.8) is 0 Å². The molecule has 0 spiro atoms. The molecule has 0 radical (unpaired) electrons. The number of aromatic nitrogens is 3. The van der Waals surface area contributed by atoms with Crippen molar-refractivity contribution in [2.75, 3.05) is 37.4 Å². The van der Waals surface area contributed by atoms with Crippen molar-refractivity contribution >= 4 is 70.9 Å². The van der Waals surface area contributed by atoms with E-state index < -0.39 is 63.0 Å². The normalized spacial score (nSPS) is 21.4. The number of fused-ring (bicyclic) bond motifs is 1. The number of rotatable bonds is 10. The number of aliphatic carboxylic acids is 1. The van der Waals surface area contributed by atoms with Crippen LogP contribution in [0.1, 0.15) is 18.5 Å². The van der Waals surface area contributed by atoms with E-state index in [1.807, 2.05) is 0 Å². The van der Waals surface area contributed by atoms with Crippen LogP contribution in [0.4, 0.5) is 4.79 Å². The monoisotopic (exact) mass is 718 g/mol. The van der Waals surface area contributed by atoms with E-state index in [9.17, 15) is 43.5 Å². The Morgan fingerprint density at radius 3 is 2.48 bits per heavy atom. The number of hydrogen-bond acceptors (Lipinski definition) is 12. The Balaban J connectivity index is 1.37. The average Bonchev–Trinajstić information content (AvgIpc) is 3.07. The second-order valence-corrected chi connectivity index (χ2v) is 13.7. The molecule has 2 fully saturated rings. The van der Waals surface area contributed by atoms with E-state index >= 15 is 0 Å². The van der Waals surface area contributed by atoms with Gasteiger partial charge in [0.2, 0.25) is 5.91 Å². The smallest absolute Gasteiger partial charge is 0.352 e. The van der Waals surface area contributed by atoms with Gasteiger partial charge in [0.1, 0.15) is 17.1 Å². The SMILES string of the molecule is CCN1CCN(C(=O)NC(C(=O)N[C@]2(SC)C(=O)N3C(C(=O)O)=C(CSc4nc(=O)c(=O)[nH]n4C)CS[C@@H]32)c2ccccc2)C(=O)C1=O. The van der Waals surface area contributed by atoms with Gasteiger partial charge in [-0.1, -0.05) is 42.1 Å².